The van der Waals surface area contributed by atoms with E-state index in [1.165, 1.54) is 24.2 Å². The molecule has 1 saturated carbocycles. The zero-order chi connectivity index (χ0) is 23.5. The Morgan fingerprint density at radius 2 is 2.03 bits per heavy atom. The van der Waals surface area contributed by atoms with Crippen LogP contribution in [-0.4, -0.2) is 51.4 Å². The minimum absolute atomic E-state index is 0.221. The van der Waals surface area contributed by atoms with E-state index in [0.717, 1.165) is 67.0 Å². The van der Waals surface area contributed by atoms with Crippen LogP contribution in [0.2, 0.25) is 0 Å². The third kappa shape index (κ3) is 5.46. The molecule has 0 N–H and O–H groups in total. The molecule has 182 valence electrons. The Morgan fingerprint density at radius 1 is 1.21 bits per heavy atom. The van der Waals surface area contributed by atoms with Crippen LogP contribution < -0.4 is 4.74 Å². The van der Waals surface area contributed by atoms with Crippen molar-refractivity contribution < 1.29 is 18.3 Å². The molecule has 0 bridgehead atoms. The van der Waals surface area contributed by atoms with Crippen molar-refractivity contribution in [2.45, 2.75) is 57.9 Å². The second kappa shape index (κ2) is 10.5. The maximum Gasteiger partial charge on any atom is 0.273 e. The van der Waals surface area contributed by atoms with Crippen molar-refractivity contribution in [2.24, 2.45) is 11.8 Å². The van der Waals surface area contributed by atoms with E-state index in [-0.39, 0.29) is 5.78 Å². The van der Waals surface area contributed by atoms with Crippen LogP contribution in [0.3, 0.4) is 0 Å². The number of nitrogens with zero attached hydrogens (tertiary/aromatic N) is 4. The molecule has 0 atom stereocenters. The van der Waals surface area contributed by atoms with Crippen molar-refractivity contribution in [3.63, 3.8) is 0 Å². The predicted octanol–water partition coefficient (Wildman–Crippen LogP) is 5.26. The highest BCUT2D eigenvalue weighted by molar-refractivity contribution is 7.13. The molecule has 5 rings (SSSR count). The van der Waals surface area contributed by atoms with Gasteiger partial charge in [0.1, 0.15) is 0 Å². The van der Waals surface area contributed by atoms with E-state index >= 15 is 0 Å². The van der Waals surface area contributed by atoms with E-state index in [9.17, 15) is 13.6 Å². The number of thiazole rings is 1. The summed E-state index contributed by atoms with van der Waals surface area (Å²) in [5.41, 5.74) is 2.64. The summed E-state index contributed by atoms with van der Waals surface area (Å²) in [6.07, 6.45) is 8.38. The molecule has 0 radical (unpaired) electrons. The van der Waals surface area contributed by atoms with Gasteiger partial charge in [0.25, 0.3) is 11.6 Å². The number of hydrogen-bond donors (Lipinski definition) is 0. The van der Waals surface area contributed by atoms with Gasteiger partial charge in [-0.2, -0.15) is 5.10 Å². The molecule has 0 spiro atoms. The Balaban J connectivity index is 1.05. The number of carbonyl (C=O) groups is 1. The quantitative estimate of drug-likeness (QED) is 0.385. The minimum atomic E-state index is -2.48. The Bertz CT molecular complexity index is 1120. The molecule has 0 unspecified atom stereocenters. The monoisotopic (exact) mass is 488 g/mol. The van der Waals surface area contributed by atoms with Crippen LogP contribution in [0.5, 0.6) is 5.19 Å². The Kier molecular flexibility index (Phi) is 7.20. The smallest absolute Gasteiger partial charge is 0.273 e. The molecule has 6 nitrogen and oxygen atoms in total. The van der Waals surface area contributed by atoms with Crippen LogP contribution in [0, 0.1) is 11.8 Å². The van der Waals surface area contributed by atoms with Crippen LogP contribution in [0.15, 0.2) is 30.6 Å². The molecule has 2 aliphatic rings. The summed E-state index contributed by atoms with van der Waals surface area (Å²) in [7, 11) is 0. The highest BCUT2D eigenvalue weighted by atomic mass is 32.1. The SMILES string of the molecule is O=C(CC1CCC(CCN2CCc3sc(OCC(F)F)nc3C2)CC1)c1cccn2nccc12. The number of Topliss-reactive ketones (excluding diaryl/α,β-unsaturated/α-hetero) is 1. The normalized spacial score (nSPS) is 21.1. The maximum atomic E-state index is 12.9. The zero-order valence-corrected chi connectivity index (χ0v) is 20.0. The number of fused-ring (bicyclic) bond motifs is 2. The number of rotatable bonds is 9. The van der Waals surface area contributed by atoms with E-state index in [2.05, 4.69) is 15.0 Å². The molecular formula is C25H30F2N4O2S. The summed E-state index contributed by atoms with van der Waals surface area (Å²) in [6.45, 7) is 2.19. The molecular weight excluding hydrogens is 458 g/mol. The zero-order valence-electron chi connectivity index (χ0n) is 19.2. The average Bonchev–Trinajstić information content (AvgIpc) is 3.48. The van der Waals surface area contributed by atoms with Gasteiger partial charge in [0.15, 0.2) is 12.4 Å². The number of alkyl halides is 2. The van der Waals surface area contributed by atoms with Crippen molar-refractivity contribution in [1.82, 2.24) is 19.5 Å². The standard InChI is InChI=1S/C25H30F2N4O2S/c26-24(27)16-33-25-29-20-15-30(13-9-23(20)34-25)12-8-17-3-5-18(6-4-17)14-22(32)19-2-1-11-31-21(19)7-10-28-31/h1-2,7,10-11,17-18,24H,3-6,8-9,12-16H2. The van der Waals surface area contributed by atoms with E-state index < -0.39 is 13.0 Å². The number of pyridine rings is 1. The summed E-state index contributed by atoms with van der Waals surface area (Å²) in [6, 6.07) is 5.69. The first-order valence-corrected chi connectivity index (χ1v) is 12.9. The number of ether oxygens (including phenoxy) is 1. The van der Waals surface area contributed by atoms with Crippen LogP contribution in [-0.2, 0) is 13.0 Å². The van der Waals surface area contributed by atoms with Crippen molar-refractivity contribution in [2.75, 3.05) is 19.7 Å². The minimum Gasteiger partial charge on any atom is -0.464 e. The highest BCUT2D eigenvalue weighted by Gasteiger charge is 2.26. The van der Waals surface area contributed by atoms with Gasteiger partial charge in [0, 0.05) is 36.1 Å². The summed E-state index contributed by atoms with van der Waals surface area (Å²) in [4.78, 5) is 20.9. The van der Waals surface area contributed by atoms with Gasteiger partial charge in [-0.3, -0.25) is 9.69 Å². The highest BCUT2D eigenvalue weighted by Crippen LogP contribution is 2.35. The topological polar surface area (TPSA) is 59.7 Å². The van der Waals surface area contributed by atoms with Gasteiger partial charge < -0.3 is 4.74 Å². The van der Waals surface area contributed by atoms with Crippen LogP contribution in [0.25, 0.3) is 5.52 Å². The maximum absolute atomic E-state index is 12.9. The first kappa shape index (κ1) is 23.4. The Morgan fingerprint density at radius 3 is 2.85 bits per heavy atom. The Hall–Kier alpha value is -2.39. The van der Waals surface area contributed by atoms with E-state index in [1.54, 1.807) is 10.7 Å². The van der Waals surface area contributed by atoms with E-state index in [0.29, 0.717) is 23.5 Å². The lowest BCUT2D eigenvalue weighted by atomic mass is 9.78. The molecule has 3 aromatic rings. The largest absolute Gasteiger partial charge is 0.464 e. The molecule has 0 amide bonds. The Labute approximate surface area is 201 Å². The first-order chi connectivity index (χ1) is 16.5. The van der Waals surface area contributed by atoms with E-state index in [4.69, 9.17) is 4.74 Å². The van der Waals surface area contributed by atoms with Gasteiger partial charge in [0.2, 0.25) is 0 Å². The van der Waals surface area contributed by atoms with Crippen LogP contribution >= 0.6 is 11.3 Å². The molecule has 1 aliphatic carbocycles. The third-order valence-electron chi connectivity index (χ3n) is 7.15. The number of carbonyl (C=O) groups excluding carboxylic acids is 1. The lowest BCUT2D eigenvalue weighted by Gasteiger charge is -2.31. The average molecular weight is 489 g/mol. The second-order valence-corrected chi connectivity index (χ2v) is 10.5. The van der Waals surface area contributed by atoms with Gasteiger partial charge in [-0.05, 0) is 62.3 Å². The van der Waals surface area contributed by atoms with Gasteiger partial charge in [-0.1, -0.05) is 24.2 Å². The summed E-state index contributed by atoms with van der Waals surface area (Å²) in [5, 5.41) is 4.59. The number of hydrogen-bond acceptors (Lipinski definition) is 6. The summed E-state index contributed by atoms with van der Waals surface area (Å²) < 4.78 is 31.6. The van der Waals surface area contributed by atoms with Gasteiger partial charge in [-0.15, -0.1) is 0 Å². The lowest BCUT2D eigenvalue weighted by molar-refractivity contribution is 0.0815. The second-order valence-electron chi connectivity index (χ2n) is 9.46. The summed E-state index contributed by atoms with van der Waals surface area (Å²) in [5.74, 6) is 1.39. The van der Waals surface area contributed by atoms with Crippen LogP contribution in [0.1, 0.15) is 59.5 Å². The van der Waals surface area contributed by atoms with Crippen molar-refractivity contribution in [1.29, 1.82) is 0 Å². The van der Waals surface area contributed by atoms with Gasteiger partial charge in [0.05, 0.1) is 17.4 Å². The van der Waals surface area contributed by atoms with Crippen molar-refractivity contribution in [3.8, 4) is 5.19 Å². The first-order valence-electron chi connectivity index (χ1n) is 12.1. The van der Waals surface area contributed by atoms with Crippen LogP contribution in [0.4, 0.5) is 8.78 Å². The molecule has 1 fully saturated rings. The molecule has 34 heavy (non-hydrogen) atoms. The number of aromatic nitrogens is 3. The predicted molar refractivity (Wildman–Crippen MR) is 127 cm³/mol. The lowest BCUT2D eigenvalue weighted by Crippen LogP contribution is -2.32. The fourth-order valence-corrected chi connectivity index (χ4v) is 6.18. The summed E-state index contributed by atoms with van der Waals surface area (Å²) >= 11 is 1.40. The number of halogens is 2. The molecule has 3 aromatic heterocycles. The molecule has 9 heteroatoms. The van der Waals surface area contributed by atoms with Crippen molar-refractivity contribution in [3.05, 3.63) is 46.7 Å². The molecule has 4 heterocycles. The van der Waals surface area contributed by atoms with E-state index in [1.807, 2.05) is 24.4 Å². The third-order valence-corrected chi connectivity index (χ3v) is 8.22. The molecule has 1 aliphatic heterocycles. The van der Waals surface area contributed by atoms with Crippen molar-refractivity contribution >= 4 is 22.6 Å². The molecule has 0 saturated heterocycles. The molecule has 0 aromatic carbocycles. The fraction of sp³-hybridized carbons (Fsp3) is 0.560. The number of ketones is 1. The fourth-order valence-electron chi connectivity index (χ4n) is 5.27. The van der Waals surface area contributed by atoms with Gasteiger partial charge >= 0.3 is 0 Å². The van der Waals surface area contributed by atoms with Gasteiger partial charge in [-0.25, -0.2) is 18.3 Å².